The van der Waals surface area contributed by atoms with Crippen LogP contribution in [0.1, 0.15) is 37.3 Å². The minimum atomic E-state index is 0.509. The van der Waals surface area contributed by atoms with Gasteiger partial charge in [0.05, 0.1) is 19.8 Å². The molecule has 3 rings (SSSR count). The summed E-state index contributed by atoms with van der Waals surface area (Å²) in [6.45, 7) is 9.10. The molecule has 1 unspecified atom stereocenters. The largest absolute Gasteiger partial charge is 0.493 e. The van der Waals surface area contributed by atoms with Crippen LogP contribution in [0.25, 0.3) is 0 Å². The van der Waals surface area contributed by atoms with Crippen molar-refractivity contribution in [1.82, 2.24) is 10.6 Å². The standard InChI is InChI=1S/C20H31N3O2/c1-3-21-20(22-11-16-5-6-16)23-12-18-7-4-15(2)10-19(18)25-14-17-8-9-24-13-17/h4,7,10,16-17H,3,5-6,8-9,11-14H2,1-2H3,(H2,21,22,23). The van der Waals surface area contributed by atoms with Gasteiger partial charge in [0.25, 0.3) is 0 Å². The van der Waals surface area contributed by atoms with Crippen molar-refractivity contribution in [2.45, 2.75) is 39.7 Å². The molecule has 0 aromatic heterocycles. The molecule has 1 aliphatic carbocycles. The Kier molecular flexibility index (Phi) is 6.56. The minimum absolute atomic E-state index is 0.509. The number of nitrogens with one attached hydrogen (secondary N) is 2. The third-order valence-corrected chi connectivity index (χ3v) is 4.73. The van der Waals surface area contributed by atoms with Gasteiger partial charge in [-0.05, 0) is 50.7 Å². The van der Waals surface area contributed by atoms with Gasteiger partial charge in [-0.25, -0.2) is 4.99 Å². The second kappa shape index (κ2) is 9.09. The van der Waals surface area contributed by atoms with Gasteiger partial charge in [0.1, 0.15) is 5.75 Å². The first-order valence-electron chi connectivity index (χ1n) is 9.57. The van der Waals surface area contributed by atoms with Gasteiger partial charge in [0.15, 0.2) is 5.96 Å². The summed E-state index contributed by atoms with van der Waals surface area (Å²) < 4.78 is 11.6. The van der Waals surface area contributed by atoms with Crippen LogP contribution in [0.5, 0.6) is 5.75 Å². The molecule has 2 N–H and O–H groups in total. The zero-order chi connectivity index (χ0) is 17.5. The number of guanidine groups is 1. The van der Waals surface area contributed by atoms with E-state index in [4.69, 9.17) is 14.5 Å². The van der Waals surface area contributed by atoms with Crippen LogP contribution in [-0.2, 0) is 11.3 Å². The zero-order valence-corrected chi connectivity index (χ0v) is 15.5. The van der Waals surface area contributed by atoms with E-state index in [2.05, 4.69) is 42.7 Å². The number of benzene rings is 1. The molecule has 1 saturated heterocycles. The Labute approximate surface area is 151 Å². The van der Waals surface area contributed by atoms with Crippen LogP contribution in [0.3, 0.4) is 0 Å². The topological polar surface area (TPSA) is 54.9 Å². The molecule has 0 spiro atoms. The second-order valence-electron chi connectivity index (χ2n) is 7.17. The van der Waals surface area contributed by atoms with Crippen LogP contribution < -0.4 is 15.4 Å². The molecule has 5 nitrogen and oxygen atoms in total. The van der Waals surface area contributed by atoms with E-state index in [-0.39, 0.29) is 0 Å². The van der Waals surface area contributed by atoms with Gasteiger partial charge in [0.2, 0.25) is 0 Å². The fourth-order valence-corrected chi connectivity index (χ4v) is 2.92. The van der Waals surface area contributed by atoms with Gasteiger partial charge in [-0.1, -0.05) is 12.1 Å². The van der Waals surface area contributed by atoms with Crippen molar-refractivity contribution in [3.63, 3.8) is 0 Å². The molecule has 2 aliphatic rings. The molecular weight excluding hydrogens is 314 g/mol. The van der Waals surface area contributed by atoms with Crippen LogP contribution in [0.2, 0.25) is 0 Å². The van der Waals surface area contributed by atoms with Gasteiger partial charge >= 0.3 is 0 Å². The average molecular weight is 345 g/mol. The van der Waals surface area contributed by atoms with E-state index in [1.54, 1.807) is 0 Å². The molecular formula is C20H31N3O2. The van der Waals surface area contributed by atoms with E-state index in [1.807, 2.05) is 0 Å². The minimum Gasteiger partial charge on any atom is -0.493 e. The molecule has 138 valence electrons. The monoisotopic (exact) mass is 345 g/mol. The van der Waals surface area contributed by atoms with E-state index in [0.717, 1.165) is 62.5 Å². The third-order valence-electron chi connectivity index (χ3n) is 4.73. The molecule has 5 heteroatoms. The zero-order valence-electron chi connectivity index (χ0n) is 15.5. The fourth-order valence-electron chi connectivity index (χ4n) is 2.92. The van der Waals surface area contributed by atoms with Gasteiger partial charge in [-0.3, -0.25) is 0 Å². The Hall–Kier alpha value is -1.75. The molecule has 1 aliphatic heterocycles. The lowest BCUT2D eigenvalue weighted by atomic mass is 10.1. The number of ether oxygens (including phenoxy) is 2. The summed E-state index contributed by atoms with van der Waals surface area (Å²) in [6.07, 6.45) is 3.77. The summed E-state index contributed by atoms with van der Waals surface area (Å²) in [7, 11) is 0. The Morgan fingerprint density at radius 3 is 2.84 bits per heavy atom. The van der Waals surface area contributed by atoms with Crippen molar-refractivity contribution in [3.05, 3.63) is 29.3 Å². The molecule has 25 heavy (non-hydrogen) atoms. The lowest BCUT2D eigenvalue weighted by Gasteiger charge is -2.15. The first kappa shape index (κ1) is 18.1. The smallest absolute Gasteiger partial charge is 0.191 e. The Balaban J connectivity index is 1.61. The Morgan fingerprint density at radius 2 is 2.12 bits per heavy atom. The highest BCUT2D eigenvalue weighted by molar-refractivity contribution is 5.79. The van der Waals surface area contributed by atoms with Gasteiger partial charge in [0, 0.05) is 31.2 Å². The van der Waals surface area contributed by atoms with Crippen molar-refractivity contribution >= 4 is 5.96 Å². The Bertz CT molecular complexity index is 578. The lowest BCUT2D eigenvalue weighted by Crippen LogP contribution is -2.38. The highest BCUT2D eigenvalue weighted by Gasteiger charge is 2.21. The summed E-state index contributed by atoms with van der Waals surface area (Å²) in [5.74, 6) is 3.18. The molecule has 1 saturated carbocycles. The van der Waals surface area contributed by atoms with Crippen molar-refractivity contribution in [1.29, 1.82) is 0 Å². The van der Waals surface area contributed by atoms with E-state index in [1.165, 1.54) is 18.4 Å². The molecule has 0 radical (unpaired) electrons. The van der Waals surface area contributed by atoms with E-state index >= 15 is 0 Å². The van der Waals surface area contributed by atoms with E-state index in [0.29, 0.717) is 12.5 Å². The average Bonchev–Trinajstić information content (AvgIpc) is 3.29. The first-order chi connectivity index (χ1) is 12.2. The third kappa shape index (κ3) is 5.92. The Morgan fingerprint density at radius 1 is 1.24 bits per heavy atom. The molecule has 1 heterocycles. The fraction of sp³-hybridized carbons (Fsp3) is 0.650. The maximum Gasteiger partial charge on any atom is 0.191 e. The highest BCUT2D eigenvalue weighted by Crippen LogP contribution is 2.27. The summed E-state index contributed by atoms with van der Waals surface area (Å²) in [5, 5.41) is 6.77. The number of rotatable bonds is 8. The van der Waals surface area contributed by atoms with Crippen LogP contribution in [-0.4, -0.2) is 38.9 Å². The molecule has 1 aromatic carbocycles. The molecule has 2 fully saturated rings. The van der Waals surface area contributed by atoms with E-state index < -0.39 is 0 Å². The van der Waals surface area contributed by atoms with E-state index in [9.17, 15) is 0 Å². The van der Waals surface area contributed by atoms with Crippen molar-refractivity contribution in [3.8, 4) is 5.75 Å². The number of hydrogen-bond donors (Lipinski definition) is 2. The summed E-state index contributed by atoms with van der Waals surface area (Å²) in [5.41, 5.74) is 2.34. The van der Waals surface area contributed by atoms with Crippen molar-refractivity contribution < 1.29 is 9.47 Å². The van der Waals surface area contributed by atoms with Crippen LogP contribution >= 0.6 is 0 Å². The lowest BCUT2D eigenvalue weighted by molar-refractivity contribution is 0.166. The maximum atomic E-state index is 6.11. The highest BCUT2D eigenvalue weighted by atomic mass is 16.5. The van der Waals surface area contributed by atoms with Crippen molar-refractivity contribution in [2.24, 2.45) is 16.8 Å². The van der Waals surface area contributed by atoms with Crippen LogP contribution in [0, 0.1) is 18.8 Å². The molecule has 1 atom stereocenters. The van der Waals surface area contributed by atoms with Gasteiger partial charge in [-0.15, -0.1) is 0 Å². The van der Waals surface area contributed by atoms with Gasteiger partial charge in [-0.2, -0.15) is 0 Å². The number of aliphatic imine (C=N–C) groups is 1. The normalized spacial score (nSPS) is 20.6. The van der Waals surface area contributed by atoms with Crippen LogP contribution in [0.4, 0.5) is 0 Å². The van der Waals surface area contributed by atoms with Gasteiger partial charge < -0.3 is 20.1 Å². The number of nitrogens with zero attached hydrogens (tertiary/aromatic N) is 1. The molecule has 1 aromatic rings. The number of hydrogen-bond acceptors (Lipinski definition) is 3. The quantitative estimate of drug-likeness (QED) is 0.562. The summed E-state index contributed by atoms with van der Waals surface area (Å²) >= 11 is 0. The predicted molar refractivity (Wildman–Crippen MR) is 101 cm³/mol. The first-order valence-corrected chi connectivity index (χ1v) is 9.57. The molecule has 0 amide bonds. The maximum absolute atomic E-state index is 6.11. The SMILES string of the molecule is CCNC(=NCc1ccc(C)cc1OCC1CCOC1)NCC1CC1. The summed E-state index contributed by atoms with van der Waals surface area (Å²) in [6, 6.07) is 6.37. The van der Waals surface area contributed by atoms with Crippen molar-refractivity contribution in [2.75, 3.05) is 32.9 Å². The number of aryl methyl sites for hydroxylation is 1. The molecule has 0 bridgehead atoms. The predicted octanol–water partition coefficient (Wildman–Crippen LogP) is 2.88. The second-order valence-corrected chi connectivity index (χ2v) is 7.17. The van der Waals surface area contributed by atoms with Crippen LogP contribution in [0.15, 0.2) is 23.2 Å². The summed E-state index contributed by atoms with van der Waals surface area (Å²) in [4.78, 5) is 4.74.